The third-order valence-electron chi connectivity index (χ3n) is 5.30. The van der Waals surface area contributed by atoms with Crippen molar-refractivity contribution >= 4 is 17.0 Å². The number of nitrogens with zero attached hydrogens (tertiary/aromatic N) is 4. The van der Waals surface area contributed by atoms with Crippen LogP contribution < -0.4 is 5.73 Å². The standard InChI is InChI=1S/C19H20F3N5/c1-11-2-8-14(9-3-11)27-10-24-15-16(23)25-17(26-18(15)27)12-4-6-13(7-5-12)19(20,21)22/h4-7,10-11,14H,2-3,8-9H2,1H3,(H2,23,25,26). The van der Waals surface area contributed by atoms with Crippen molar-refractivity contribution in [3.63, 3.8) is 0 Å². The quantitative estimate of drug-likeness (QED) is 0.695. The van der Waals surface area contributed by atoms with Gasteiger partial charge in [-0.05, 0) is 43.7 Å². The molecular weight excluding hydrogens is 355 g/mol. The Morgan fingerprint density at radius 2 is 1.70 bits per heavy atom. The number of nitrogens with two attached hydrogens (primary N) is 1. The van der Waals surface area contributed by atoms with Crippen LogP contribution in [-0.4, -0.2) is 19.5 Å². The monoisotopic (exact) mass is 375 g/mol. The molecule has 1 saturated carbocycles. The molecule has 0 amide bonds. The van der Waals surface area contributed by atoms with Gasteiger partial charge in [0.1, 0.15) is 5.52 Å². The molecule has 1 aliphatic rings. The van der Waals surface area contributed by atoms with Crippen LogP contribution in [-0.2, 0) is 6.18 Å². The molecule has 2 aromatic heterocycles. The average Bonchev–Trinajstić information content (AvgIpc) is 3.06. The summed E-state index contributed by atoms with van der Waals surface area (Å²) in [5.74, 6) is 1.26. The first-order chi connectivity index (χ1) is 12.8. The predicted octanol–water partition coefficient (Wildman–Crippen LogP) is 4.85. The second-order valence-corrected chi connectivity index (χ2v) is 7.25. The fourth-order valence-corrected chi connectivity index (χ4v) is 3.66. The maximum absolute atomic E-state index is 12.8. The summed E-state index contributed by atoms with van der Waals surface area (Å²) >= 11 is 0. The summed E-state index contributed by atoms with van der Waals surface area (Å²) in [4.78, 5) is 13.2. The first-order valence-corrected chi connectivity index (χ1v) is 9.00. The van der Waals surface area contributed by atoms with Gasteiger partial charge in [-0.3, -0.25) is 0 Å². The highest BCUT2D eigenvalue weighted by Crippen LogP contribution is 2.35. The number of aromatic nitrogens is 4. The van der Waals surface area contributed by atoms with Crippen molar-refractivity contribution in [3.05, 3.63) is 36.2 Å². The van der Waals surface area contributed by atoms with Crippen molar-refractivity contribution < 1.29 is 13.2 Å². The van der Waals surface area contributed by atoms with Gasteiger partial charge in [0.25, 0.3) is 0 Å². The molecule has 2 heterocycles. The van der Waals surface area contributed by atoms with Gasteiger partial charge < -0.3 is 10.3 Å². The Morgan fingerprint density at radius 1 is 1.04 bits per heavy atom. The van der Waals surface area contributed by atoms with E-state index in [-0.39, 0.29) is 5.82 Å². The number of rotatable bonds is 2. The molecule has 0 aliphatic heterocycles. The summed E-state index contributed by atoms with van der Waals surface area (Å²) in [5, 5.41) is 0. The minimum absolute atomic E-state index is 0.234. The van der Waals surface area contributed by atoms with Crippen LogP contribution in [0.5, 0.6) is 0 Å². The minimum Gasteiger partial charge on any atom is -0.382 e. The highest BCUT2D eigenvalue weighted by Gasteiger charge is 2.30. The van der Waals surface area contributed by atoms with Gasteiger partial charge in [0.2, 0.25) is 0 Å². The number of benzene rings is 1. The van der Waals surface area contributed by atoms with Gasteiger partial charge in [-0.15, -0.1) is 0 Å². The van der Waals surface area contributed by atoms with E-state index in [2.05, 4.69) is 21.9 Å². The Hall–Kier alpha value is -2.64. The Bertz CT molecular complexity index is 954. The van der Waals surface area contributed by atoms with E-state index < -0.39 is 11.7 Å². The molecule has 27 heavy (non-hydrogen) atoms. The fourth-order valence-electron chi connectivity index (χ4n) is 3.66. The lowest BCUT2D eigenvalue weighted by Gasteiger charge is -2.27. The fraction of sp³-hybridized carbons (Fsp3) is 0.421. The molecule has 0 bridgehead atoms. The van der Waals surface area contributed by atoms with Crippen molar-refractivity contribution in [2.45, 2.75) is 44.8 Å². The van der Waals surface area contributed by atoms with E-state index in [0.29, 0.717) is 28.6 Å². The third-order valence-corrected chi connectivity index (χ3v) is 5.30. The Balaban J connectivity index is 1.73. The van der Waals surface area contributed by atoms with Gasteiger partial charge in [0, 0.05) is 11.6 Å². The maximum atomic E-state index is 12.8. The highest BCUT2D eigenvalue weighted by molar-refractivity contribution is 5.83. The average molecular weight is 375 g/mol. The molecule has 4 rings (SSSR count). The summed E-state index contributed by atoms with van der Waals surface area (Å²) in [6, 6.07) is 5.09. The first kappa shape index (κ1) is 17.8. The largest absolute Gasteiger partial charge is 0.416 e. The number of alkyl halides is 3. The summed E-state index contributed by atoms with van der Waals surface area (Å²) < 4.78 is 40.4. The van der Waals surface area contributed by atoms with Crippen molar-refractivity contribution in [1.29, 1.82) is 0 Å². The number of hydrogen-bond donors (Lipinski definition) is 1. The number of anilines is 1. The second kappa shape index (κ2) is 6.51. The maximum Gasteiger partial charge on any atom is 0.416 e. The molecule has 0 atom stereocenters. The normalized spacial score (nSPS) is 20.9. The van der Waals surface area contributed by atoms with Gasteiger partial charge in [-0.2, -0.15) is 13.2 Å². The zero-order valence-corrected chi connectivity index (χ0v) is 14.9. The Labute approximate surface area is 154 Å². The van der Waals surface area contributed by atoms with Crippen LogP contribution in [0.25, 0.3) is 22.6 Å². The van der Waals surface area contributed by atoms with Gasteiger partial charge >= 0.3 is 6.18 Å². The lowest BCUT2D eigenvalue weighted by Crippen LogP contribution is -2.16. The van der Waals surface area contributed by atoms with Gasteiger partial charge in [0.05, 0.1) is 11.9 Å². The molecule has 2 N–H and O–H groups in total. The van der Waals surface area contributed by atoms with E-state index in [4.69, 9.17) is 5.73 Å². The van der Waals surface area contributed by atoms with E-state index in [9.17, 15) is 13.2 Å². The highest BCUT2D eigenvalue weighted by atomic mass is 19.4. The van der Waals surface area contributed by atoms with Crippen LogP contribution >= 0.6 is 0 Å². The molecule has 8 heteroatoms. The predicted molar refractivity (Wildman–Crippen MR) is 96.8 cm³/mol. The SMILES string of the molecule is CC1CCC(n2cnc3c(N)nc(-c4ccc(C(F)(F)F)cc4)nc32)CC1. The molecule has 0 spiro atoms. The van der Waals surface area contributed by atoms with Crippen LogP contribution in [0.4, 0.5) is 19.0 Å². The van der Waals surface area contributed by atoms with Crippen LogP contribution in [0.3, 0.4) is 0 Å². The Morgan fingerprint density at radius 3 is 2.33 bits per heavy atom. The molecule has 0 saturated heterocycles. The Kier molecular flexibility index (Phi) is 4.28. The minimum atomic E-state index is -4.38. The molecule has 0 unspecified atom stereocenters. The van der Waals surface area contributed by atoms with Gasteiger partial charge in [-0.25, -0.2) is 15.0 Å². The van der Waals surface area contributed by atoms with Crippen LogP contribution in [0, 0.1) is 5.92 Å². The lowest BCUT2D eigenvalue weighted by molar-refractivity contribution is -0.137. The van der Waals surface area contributed by atoms with Gasteiger partial charge in [0.15, 0.2) is 17.3 Å². The van der Waals surface area contributed by atoms with E-state index in [1.807, 2.05) is 4.57 Å². The second-order valence-electron chi connectivity index (χ2n) is 7.25. The number of halogens is 3. The molecule has 1 aliphatic carbocycles. The van der Waals surface area contributed by atoms with Crippen molar-refractivity contribution in [1.82, 2.24) is 19.5 Å². The smallest absolute Gasteiger partial charge is 0.382 e. The molecular formula is C19H20F3N5. The lowest BCUT2D eigenvalue weighted by atomic mass is 9.87. The van der Waals surface area contributed by atoms with Crippen LogP contribution in [0.15, 0.2) is 30.6 Å². The van der Waals surface area contributed by atoms with Crippen molar-refractivity contribution in [2.75, 3.05) is 5.73 Å². The molecule has 3 aromatic rings. The van der Waals surface area contributed by atoms with Crippen LogP contribution in [0.1, 0.15) is 44.2 Å². The summed E-state index contributed by atoms with van der Waals surface area (Å²) in [5.41, 5.74) is 7.00. The summed E-state index contributed by atoms with van der Waals surface area (Å²) in [6.07, 6.45) is 1.76. The van der Waals surface area contributed by atoms with Gasteiger partial charge in [-0.1, -0.05) is 19.1 Å². The first-order valence-electron chi connectivity index (χ1n) is 9.00. The van der Waals surface area contributed by atoms with E-state index in [1.54, 1.807) is 6.33 Å². The summed E-state index contributed by atoms with van der Waals surface area (Å²) in [7, 11) is 0. The van der Waals surface area contributed by atoms with E-state index in [1.165, 1.54) is 12.1 Å². The molecule has 1 fully saturated rings. The topological polar surface area (TPSA) is 69.6 Å². The van der Waals surface area contributed by atoms with Crippen molar-refractivity contribution in [2.24, 2.45) is 5.92 Å². The number of hydrogen-bond acceptors (Lipinski definition) is 4. The molecule has 5 nitrogen and oxygen atoms in total. The summed E-state index contributed by atoms with van der Waals surface area (Å²) in [6.45, 7) is 2.26. The molecule has 0 radical (unpaired) electrons. The molecule has 1 aromatic carbocycles. The molecule has 142 valence electrons. The number of nitrogen functional groups attached to an aromatic ring is 1. The number of fused-ring (bicyclic) bond motifs is 1. The number of imidazole rings is 1. The van der Waals surface area contributed by atoms with Crippen molar-refractivity contribution in [3.8, 4) is 11.4 Å². The van der Waals surface area contributed by atoms with Crippen LogP contribution in [0.2, 0.25) is 0 Å². The van der Waals surface area contributed by atoms with E-state index in [0.717, 1.165) is 43.7 Å². The third kappa shape index (κ3) is 3.36. The van der Waals surface area contributed by atoms with E-state index >= 15 is 0 Å². The zero-order chi connectivity index (χ0) is 19.2. The zero-order valence-electron chi connectivity index (χ0n) is 14.9.